The van der Waals surface area contributed by atoms with Crippen molar-refractivity contribution in [2.45, 2.75) is 24.2 Å². The predicted molar refractivity (Wildman–Crippen MR) is 35.0 cm³/mol. The molecule has 1 aliphatic carbocycles. The molecular formula is C6H10OS. The molecule has 8 heavy (non-hydrogen) atoms. The number of aliphatic hydroxyl groups excluding tert-OH is 1. The van der Waals surface area contributed by atoms with E-state index in [1.54, 1.807) is 0 Å². The molecule has 2 rings (SSSR count). The van der Waals surface area contributed by atoms with Gasteiger partial charge in [0.05, 0.1) is 6.10 Å². The minimum absolute atomic E-state index is 0.0405. The van der Waals surface area contributed by atoms with Gasteiger partial charge in [0.2, 0.25) is 0 Å². The Morgan fingerprint density at radius 2 is 2.25 bits per heavy atom. The molecule has 46 valence electrons. The third kappa shape index (κ3) is 0.594. The van der Waals surface area contributed by atoms with E-state index in [1.165, 1.54) is 12.2 Å². The summed E-state index contributed by atoms with van der Waals surface area (Å²) in [6.07, 6.45) is 2.41. The second-order valence-corrected chi connectivity index (χ2v) is 4.05. The summed E-state index contributed by atoms with van der Waals surface area (Å²) in [4.78, 5) is 0. The topological polar surface area (TPSA) is 20.2 Å². The van der Waals surface area contributed by atoms with E-state index in [2.05, 4.69) is 0 Å². The Balaban J connectivity index is 2.11. The van der Waals surface area contributed by atoms with Crippen molar-refractivity contribution in [3.05, 3.63) is 0 Å². The molecule has 1 N–H and O–H groups in total. The van der Waals surface area contributed by atoms with Crippen LogP contribution in [-0.4, -0.2) is 22.2 Å². The summed E-state index contributed by atoms with van der Waals surface area (Å²) in [6, 6.07) is 0. The molecule has 3 atom stereocenters. The van der Waals surface area contributed by atoms with Gasteiger partial charge >= 0.3 is 0 Å². The molecule has 0 aromatic rings. The minimum atomic E-state index is 0.0405. The van der Waals surface area contributed by atoms with Gasteiger partial charge in [-0.1, -0.05) is 0 Å². The number of aliphatic hydroxyl groups is 1. The van der Waals surface area contributed by atoms with Crippen molar-refractivity contribution in [3.63, 3.8) is 0 Å². The first-order valence-electron chi connectivity index (χ1n) is 3.16. The van der Waals surface area contributed by atoms with Crippen molar-refractivity contribution in [2.24, 2.45) is 5.92 Å². The third-order valence-electron chi connectivity index (χ3n) is 2.12. The van der Waals surface area contributed by atoms with Gasteiger partial charge in [-0.15, -0.1) is 0 Å². The maximum Gasteiger partial charge on any atom is 0.0661 e. The molecule has 0 spiro atoms. The van der Waals surface area contributed by atoms with Crippen LogP contribution in [0.5, 0.6) is 0 Å². The Bertz CT molecular complexity index is 103. The number of hydrogen-bond acceptors (Lipinski definition) is 2. The molecule has 1 nitrogen and oxygen atoms in total. The molecule has 2 bridgehead atoms. The monoisotopic (exact) mass is 130 g/mol. The second-order valence-electron chi connectivity index (χ2n) is 2.78. The first kappa shape index (κ1) is 5.12. The van der Waals surface area contributed by atoms with Crippen molar-refractivity contribution in [2.75, 3.05) is 5.75 Å². The van der Waals surface area contributed by atoms with Crippen LogP contribution >= 0.6 is 11.8 Å². The fourth-order valence-corrected chi connectivity index (χ4v) is 3.18. The van der Waals surface area contributed by atoms with Crippen LogP contribution in [0.25, 0.3) is 0 Å². The summed E-state index contributed by atoms with van der Waals surface area (Å²) in [5, 5.41) is 9.81. The third-order valence-corrected chi connectivity index (χ3v) is 3.71. The van der Waals surface area contributed by atoms with E-state index in [-0.39, 0.29) is 6.10 Å². The van der Waals surface area contributed by atoms with Crippen molar-refractivity contribution in [3.8, 4) is 0 Å². The summed E-state index contributed by atoms with van der Waals surface area (Å²) in [5.41, 5.74) is 0. The van der Waals surface area contributed by atoms with E-state index in [4.69, 9.17) is 0 Å². The highest BCUT2D eigenvalue weighted by Gasteiger charge is 2.38. The molecule has 0 aromatic carbocycles. The quantitative estimate of drug-likeness (QED) is 0.525. The number of thioether (sulfide) groups is 1. The largest absolute Gasteiger partial charge is 0.392 e. The maximum atomic E-state index is 9.20. The maximum absolute atomic E-state index is 9.20. The van der Waals surface area contributed by atoms with Crippen molar-refractivity contribution in [1.82, 2.24) is 0 Å². The van der Waals surface area contributed by atoms with E-state index in [0.29, 0.717) is 5.25 Å². The van der Waals surface area contributed by atoms with E-state index in [0.717, 1.165) is 12.3 Å². The zero-order chi connectivity index (χ0) is 5.56. The Morgan fingerprint density at radius 1 is 1.38 bits per heavy atom. The number of hydrogen-bond donors (Lipinski definition) is 1. The highest BCUT2D eigenvalue weighted by Crippen LogP contribution is 2.43. The Morgan fingerprint density at radius 3 is 2.50 bits per heavy atom. The number of rotatable bonds is 0. The fourth-order valence-electron chi connectivity index (χ4n) is 1.65. The summed E-state index contributed by atoms with van der Waals surface area (Å²) >= 11 is 1.95. The molecule has 0 aromatic heterocycles. The second kappa shape index (κ2) is 1.64. The van der Waals surface area contributed by atoms with Crippen molar-refractivity contribution >= 4 is 11.8 Å². The molecule has 0 radical (unpaired) electrons. The summed E-state index contributed by atoms with van der Waals surface area (Å²) in [7, 11) is 0. The molecule has 1 saturated carbocycles. The van der Waals surface area contributed by atoms with Crippen molar-refractivity contribution < 1.29 is 5.11 Å². The molecule has 2 heteroatoms. The summed E-state index contributed by atoms with van der Waals surface area (Å²) < 4.78 is 0. The molecule has 0 unspecified atom stereocenters. The van der Waals surface area contributed by atoms with Gasteiger partial charge in [0.15, 0.2) is 0 Å². The SMILES string of the molecule is O[C@@H]1C[C@@H]2CS[C@@H]1C2. The fraction of sp³-hybridized carbons (Fsp3) is 1.00. The van der Waals surface area contributed by atoms with Gasteiger partial charge in [0.25, 0.3) is 0 Å². The van der Waals surface area contributed by atoms with Crippen LogP contribution < -0.4 is 0 Å². The Hall–Kier alpha value is 0.310. The van der Waals surface area contributed by atoms with Gasteiger partial charge in [-0.3, -0.25) is 0 Å². The lowest BCUT2D eigenvalue weighted by molar-refractivity contribution is 0.180. The van der Waals surface area contributed by atoms with Crippen LogP contribution in [0.2, 0.25) is 0 Å². The lowest BCUT2D eigenvalue weighted by atomic mass is 10.1. The van der Waals surface area contributed by atoms with Gasteiger partial charge in [0, 0.05) is 5.25 Å². The molecule has 0 amide bonds. The zero-order valence-corrected chi connectivity index (χ0v) is 5.53. The van der Waals surface area contributed by atoms with Crippen LogP contribution in [0.1, 0.15) is 12.8 Å². The van der Waals surface area contributed by atoms with Gasteiger partial charge in [-0.25, -0.2) is 0 Å². The lowest BCUT2D eigenvalue weighted by Gasteiger charge is -2.14. The first-order valence-corrected chi connectivity index (χ1v) is 4.21. The molecule has 2 fully saturated rings. The van der Waals surface area contributed by atoms with Crippen LogP contribution in [0.4, 0.5) is 0 Å². The Labute approximate surface area is 53.5 Å². The predicted octanol–water partition coefficient (Wildman–Crippen LogP) is 0.873. The van der Waals surface area contributed by atoms with Gasteiger partial charge in [-0.05, 0) is 24.5 Å². The molecule has 1 aliphatic heterocycles. The molecular weight excluding hydrogens is 120 g/mol. The molecule has 1 heterocycles. The lowest BCUT2D eigenvalue weighted by Crippen LogP contribution is -2.17. The van der Waals surface area contributed by atoms with Gasteiger partial charge in [0.1, 0.15) is 0 Å². The summed E-state index contributed by atoms with van der Waals surface area (Å²) in [5.74, 6) is 2.17. The van der Waals surface area contributed by atoms with Gasteiger partial charge in [-0.2, -0.15) is 11.8 Å². The zero-order valence-electron chi connectivity index (χ0n) is 4.71. The summed E-state index contributed by atoms with van der Waals surface area (Å²) in [6.45, 7) is 0. The Kier molecular flexibility index (Phi) is 1.05. The van der Waals surface area contributed by atoms with E-state index >= 15 is 0 Å². The number of fused-ring (bicyclic) bond motifs is 2. The molecule has 1 saturated heterocycles. The molecule has 2 aliphatic rings. The van der Waals surface area contributed by atoms with E-state index in [9.17, 15) is 5.11 Å². The highest BCUT2D eigenvalue weighted by molar-refractivity contribution is 8.00. The first-order chi connectivity index (χ1) is 3.86. The van der Waals surface area contributed by atoms with Crippen molar-refractivity contribution in [1.29, 1.82) is 0 Å². The van der Waals surface area contributed by atoms with Gasteiger partial charge < -0.3 is 5.11 Å². The van der Waals surface area contributed by atoms with E-state index in [1.807, 2.05) is 11.8 Å². The van der Waals surface area contributed by atoms with Crippen LogP contribution in [-0.2, 0) is 0 Å². The highest BCUT2D eigenvalue weighted by atomic mass is 32.2. The minimum Gasteiger partial charge on any atom is -0.392 e. The van der Waals surface area contributed by atoms with E-state index < -0.39 is 0 Å². The normalized spacial score (nSPS) is 52.9. The standard InChI is InChI=1S/C6H10OS/c7-5-1-4-2-6(5)8-3-4/h4-7H,1-3H2/t4-,5+,6+/m0/s1. The van der Waals surface area contributed by atoms with Crippen LogP contribution in [0, 0.1) is 5.92 Å². The van der Waals surface area contributed by atoms with Crippen LogP contribution in [0.3, 0.4) is 0 Å². The average Bonchev–Trinajstić information content (AvgIpc) is 2.23. The smallest absolute Gasteiger partial charge is 0.0661 e. The van der Waals surface area contributed by atoms with Crippen LogP contribution in [0.15, 0.2) is 0 Å². The average molecular weight is 130 g/mol.